The first kappa shape index (κ1) is 18.9. The highest BCUT2D eigenvalue weighted by molar-refractivity contribution is 5.94. The number of ether oxygens (including phenoxy) is 1. The van der Waals surface area contributed by atoms with E-state index in [4.69, 9.17) is 4.74 Å². The van der Waals surface area contributed by atoms with Crippen LogP contribution in [0.5, 0.6) is 0 Å². The van der Waals surface area contributed by atoms with Gasteiger partial charge in [-0.2, -0.15) is 0 Å². The summed E-state index contributed by atoms with van der Waals surface area (Å²) in [5.74, 6) is -2.36. The molecule has 1 aliphatic heterocycles. The van der Waals surface area contributed by atoms with Gasteiger partial charge in [0.05, 0.1) is 19.1 Å². The molecule has 0 aliphatic carbocycles. The summed E-state index contributed by atoms with van der Waals surface area (Å²) < 4.78 is 5.24. The van der Waals surface area contributed by atoms with Crippen LogP contribution < -0.4 is 10.6 Å². The monoisotopic (exact) mass is 349 g/mol. The number of amides is 2. The summed E-state index contributed by atoms with van der Waals surface area (Å²) in [6.45, 7) is 4.21. The molecule has 1 fully saturated rings. The second kappa shape index (κ2) is 9.14. The zero-order valence-electron chi connectivity index (χ0n) is 14.2. The molecule has 1 heterocycles. The average molecular weight is 349 g/mol. The van der Waals surface area contributed by atoms with Gasteiger partial charge in [0.15, 0.2) is 0 Å². The van der Waals surface area contributed by atoms with E-state index in [-0.39, 0.29) is 18.2 Å². The Bertz CT molecular complexity index is 628. The fourth-order valence-corrected chi connectivity index (χ4v) is 2.64. The minimum absolute atomic E-state index is 0.114. The molecular formula is C17H23N3O5. The summed E-state index contributed by atoms with van der Waals surface area (Å²) >= 11 is 0. The SMILES string of the molecule is CC(=O)Nc1cccc(NC(=O)CC(CN2CCOCC2)C(=O)O)c1. The number of hydrogen-bond acceptors (Lipinski definition) is 5. The molecule has 0 spiro atoms. The lowest BCUT2D eigenvalue weighted by molar-refractivity contribution is -0.144. The number of hydrogen-bond donors (Lipinski definition) is 3. The Kier molecular flexibility index (Phi) is 6.91. The predicted molar refractivity (Wildman–Crippen MR) is 92.4 cm³/mol. The molecule has 2 amide bonds. The number of benzene rings is 1. The summed E-state index contributed by atoms with van der Waals surface area (Å²) in [6, 6.07) is 6.71. The van der Waals surface area contributed by atoms with Crippen molar-refractivity contribution >= 4 is 29.2 Å². The lowest BCUT2D eigenvalue weighted by atomic mass is 10.0. The Morgan fingerprint density at radius 1 is 1.20 bits per heavy atom. The summed E-state index contributed by atoms with van der Waals surface area (Å²) in [7, 11) is 0. The molecule has 1 unspecified atom stereocenters. The largest absolute Gasteiger partial charge is 0.481 e. The third-order valence-corrected chi connectivity index (χ3v) is 3.83. The van der Waals surface area contributed by atoms with Crippen molar-refractivity contribution in [3.63, 3.8) is 0 Å². The van der Waals surface area contributed by atoms with Gasteiger partial charge in [0.25, 0.3) is 0 Å². The van der Waals surface area contributed by atoms with Crippen molar-refractivity contribution in [3.05, 3.63) is 24.3 Å². The van der Waals surface area contributed by atoms with Crippen LogP contribution in [0.4, 0.5) is 11.4 Å². The van der Waals surface area contributed by atoms with E-state index >= 15 is 0 Å². The van der Waals surface area contributed by atoms with Gasteiger partial charge in [-0.15, -0.1) is 0 Å². The van der Waals surface area contributed by atoms with E-state index in [1.54, 1.807) is 24.3 Å². The van der Waals surface area contributed by atoms with Crippen molar-refractivity contribution in [2.24, 2.45) is 5.92 Å². The van der Waals surface area contributed by atoms with Crippen molar-refractivity contribution in [1.29, 1.82) is 0 Å². The average Bonchev–Trinajstić information content (AvgIpc) is 2.54. The number of nitrogens with one attached hydrogen (secondary N) is 2. The first-order valence-corrected chi connectivity index (χ1v) is 8.14. The highest BCUT2D eigenvalue weighted by atomic mass is 16.5. The Hall–Kier alpha value is -2.45. The minimum Gasteiger partial charge on any atom is -0.481 e. The lowest BCUT2D eigenvalue weighted by Crippen LogP contribution is -2.41. The molecule has 1 aliphatic rings. The molecule has 8 heteroatoms. The van der Waals surface area contributed by atoms with Crippen LogP contribution in [-0.4, -0.2) is 60.6 Å². The maximum atomic E-state index is 12.2. The second-order valence-corrected chi connectivity index (χ2v) is 5.96. The van der Waals surface area contributed by atoms with E-state index in [0.29, 0.717) is 44.2 Å². The van der Waals surface area contributed by atoms with E-state index < -0.39 is 11.9 Å². The standard InChI is InChI=1S/C17H23N3O5/c1-12(21)18-14-3-2-4-15(10-14)19-16(22)9-13(17(23)24)11-20-5-7-25-8-6-20/h2-4,10,13H,5-9,11H2,1H3,(H,18,21)(H,19,22)(H,23,24). The van der Waals surface area contributed by atoms with Gasteiger partial charge in [0.1, 0.15) is 0 Å². The molecule has 1 saturated heterocycles. The van der Waals surface area contributed by atoms with Crippen LogP contribution in [0.3, 0.4) is 0 Å². The fourth-order valence-electron chi connectivity index (χ4n) is 2.64. The molecular weight excluding hydrogens is 326 g/mol. The number of carboxylic acids is 1. The number of carboxylic acid groups (broad SMARTS) is 1. The van der Waals surface area contributed by atoms with Crippen molar-refractivity contribution in [2.75, 3.05) is 43.5 Å². The topological polar surface area (TPSA) is 108 Å². The number of aliphatic carboxylic acids is 1. The molecule has 0 saturated carbocycles. The van der Waals surface area contributed by atoms with Gasteiger partial charge in [0, 0.05) is 44.4 Å². The molecule has 3 N–H and O–H groups in total. The Balaban J connectivity index is 1.92. The van der Waals surface area contributed by atoms with Crippen LogP contribution in [0.2, 0.25) is 0 Å². The molecule has 1 aromatic carbocycles. The van der Waals surface area contributed by atoms with Gasteiger partial charge in [0.2, 0.25) is 11.8 Å². The molecule has 136 valence electrons. The zero-order chi connectivity index (χ0) is 18.2. The molecule has 2 rings (SSSR count). The molecule has 25 heavy (non-hydrogen) atoms. The summed E-state index contributed by atoms with van der Waals surface area (Å²) in [6.07, 6.45) is -0.114. The summed E-state index contributed by atoms with van der Waals surface area (Å²) in [4.78, 5) is 36.7. The molecule has 1 aromatic rings. The number of rotatable bonds is 7. The molecule has 0 bridgehead atoms. The third kappa shape index (κ3) is 6.52. The molecule has 0 aromatic heterocycles. The number of carbonyl (C=O) groups excluding carboxylic acids is 2. The smallest absolute Gasteiger partial charge is 0.308 e. The first-order chi connectivity index (χ1) is 11.9. The van der Waals surface area contributed by atoms with Crippen LogP contribution in [0.25, 0.3) is 0 Å². The van der Waals surface area contributed by atoms with E-state index in [1.165, 1.54) is 6.92 Å². The van der Waals surface area contributed by atoms with Crippen molar-refractivity contribution in [2.45, 2.75) is 13.3 Å². The van der Waals surface area contributed by atoms with Crippen LogP contribution in [0, 0.1) is 5.92 Å². The summed E-state index contributed by atoms with van der Waals surface area (Å²) in [5, 5.41) is 14.7. The van der Waals surface area contributed by atoms with Crippen LogP contribution in [0.15, 0.2) is 24.3 Å². The van der Waals surface area contributed by atoms with Gasteiger partial charge in [-0.3, -0.25) is 19.3 Å². The fraction of sp³-hybridized carbons (Fsp3) is 0.471. The maximum Gasteiger partial charge on any atom is 0.308 e. The minimum atomic E-state index is -0.992. The van der Waals surface area contributed by atoms with Gasteiger partial charge < -0.3 is 20.5 Å². The Labute approximate surface area is 146 Å². The second-order valence-electron chi connectivity index (χ2n) is 5.96. The van der Waals surface area contributed by atoms with E-state index in [2.05, 4.69) is 10.6 Å². The van der Waals surface area contributed by atoms with Gasteiger partial charge in [-0.05, 0) is 18.2 Å². The predicted octanol–water partition coefficient (Wildman–Crippen LogP) is 1.01. The highest BCUT2D eigenvalue weighted by Crippen LogP contribution is 2.16. The van der Waals surface area contributed by atoms with Gasteiger partial charge in [-0.1, -0.05) is 6.07 Å². The van der Waals surface area contributed by atoms with Gasteiger partial charge in [-0.25, -0.2) is 0 Å². The number of anilines is 2. The zero-order valence-corrected chi connectivity index (χ0v) is 14.2. The van der Waals surface area contributed by atoms with Crippen LogP contribution in [-0.2, 0) is 19.1 Å². The Morgan fingerprint density at radius 2 is 1.84 bits per heavy atom. The first-order valence-electron chi connectivity index (χ1n) is 8.14. The van der Waals surface area contributed by atoms with Gasteiger partial charge >= 0.3 is 5.97 Å². The number of morpholine rings is 1. The number of carbonyl (C=O) groups is 3. The van der Waals surface area contributed by atoms with Crippen molar-refractivity contribution in [1.82, 2.24) is 4.90 Å². The molecule has 0 radical (unpaired) electrons. The highest BCUT2D eigenvalue weighted by Gasteiger charge is 2.25. The third-order valence-electron chi connectivity index (χ3n) is 3.83. The van der Waals surface area contributed by atoms with E-state index in [0.717, 1.165) is 0 Å². The van der Waals surface area contributed by atoms with Crippen molar-refractivity contribution < 1.29 is 24.2 Å². The maximum absolute atomic E-state index is 12.2. The number of nitrogens with zero attached hydrogens (tertiary/aromatic N) is 1. The van der Waals surface area contributed by atoms with E-state index in [9.17, 15) is 19.5 Å². The lowest BCUT2D eigenvalue weighted by Gasteiger charge is -2.28. The normalized spacial score (nSPS) is 16.0. The Morgan fingerprint density at radius 3 is 2.44 bits per heavy atom. The quantitative estimate of drug-likeness (QED) is 0.678. The molecule has 8 nitrogen and oxygen atoms in total. The summed E-state index contributed by atoms with van der Waals surface area (Å²) in [5.41, 5.74) is 1.07. The molecule has 1 atom stereocenters. The van der Waals surface area contributed by atoms with Crippen LogP contribution in [0.1, 0.15) is 13.3 Å². The van der Waals surface area contributed by atoms with Crippen LogP contribution >= 0.6 is 0 Å². The van der Waals surface area contributed by atoms with Crippen molar-refractivity contribution in [3.8, 4) is 0 Å². The van der Waals surface area contributed by atoms with E-state index in [1.807, 2.05) is 4.90 Å².